The van der Waals surface area contributed by atoms with Crippen LogP contribution >= 0.6 is 27.5 Å². The van der Waals surface area contributed by atoms with Gasteiger partial charge in [-0.25, -0.2) is 0 Å². The van der Waals surface area contributed by atoms with Crippen LogP contribution in [0.2, 0.25) is 0 Å². The number of halogens is 2. The smallest absolute Gasteiger partial charge is 0.224 e. The standard InChI is InChI=1S/C16H15BrClNO/c17-15-6-4-12(5-7-15)9-16(20)19-11-14-3-1-2-13(8-14)10-18/h1-8H,9-11H2,(H,19,20). The first-order valence-corrected chi connectivity index (χ1v) is 7.65. The van der Waals surface area contributed by atoms with E-state index >= 15 is 0 Å². The fourth-order valence-corrected chi connectivity index (χ4v) is 2.30. The maximum Gasteiger partial charge on any atom is 0.224 e. The van der Waals surface area contributed by atoms with Crippen molar-refractivity contribution in [3.05, 3.63) is 69.7 Å². The van der Waals surface area contributed by atoms with Crippen LogP contribution in [0, 0.1) is 0 Å². The Morgan fingerprint density at radius 3 is 2.45 bits per heavy atom. The molecule has 2 nitrogen and oxygen atoms in total. The molecule has 0 saturated carbocycles. The molecule has 0 unspecified atom stereocenters. The molecule has 4 heteroatoms. The lowest BCUT2D eigenvalue weighted by Crippen LogP contribution is -2.24. The molecule has 0 radical (unpaired) electrons. The maximum absolute atomic E-state index is 11.9. The first-order valence-electron chi connectivity index (χ1n) is 6.32. The van der Waals surface area contributed by atoms with Crippen molar-refractivity contribution in [1.29, 1.82) is 0 Å². The van der Waals surface area contributed by atoms with Crippen molar-refractivity contribution >= 4 is 33.4 Å². The maximum atomic E-state index is 11.9. The number of carbonyl (C=O) groups excluding carboxylic acids is 1. The largest absolute Gasteiger partial charge is 0.352 e. The molecule has 104 valence electrons. The first-order chi connectivity index (χ1) is 9.67. The van der Waals surface area contributed by atoms with Crippen LogP contribution in [0.5, 0.6) is 0 Å². The number of carbonyl (C=O) groups is 1. The third kappa shape index (κ3) is 4.66. The van der Waals surface area contributed by atoms with Crippen molar-refractivity contribution in [2.24, 2.45) is 0 Å². The lowest BCUT2D eigenvalue weighted by molar-refractivity contribution is -0.120. The van der Waals surface area contributed by atoms with Gasteiger partial charge < -0.3 is 5.32 Å². The van der Waals surface area contributed by atoms with Crippen LogP contribution in [0.3, 0.4) is 0 Å². The lowest BCUT2D eigenvalue weighted by atomic mass is 10.1. The summed E-state index contributed by atoms with van der Waals surface area (Å²) in [6.45, 7) is 0.528. The summed E-state index contributed by atoms with van der Waals surface area (Å²) >= 11 is 9.17. The van der Waals surface area contributed by atoms with E-state index in [1.165, 1.54) is 0 Å². The summed E-state index contributed by atoms with van der Waals surface area (Å²) in [5.74, 6) is 0.504. The van der Waals surface area contributed by atoms with Gasteiger partial charge in [-0.15, -0.1) is 11.6 Å². The number of hydrogen-bond donors (Lipinski definition) is 1. The highest BCUT2D eigenvalue weighted by molar-refractivity contribution is 9.10. The second-order valence-electron chi connectivity index (χ2n) is 4.53. The van der Waals surface area contributed by atoms with E-state index in [4.69, 9.17) is 11.6 Å². The van der Waals surface area contributed by atoms with Crippen molar-refractivity contribution in [3.8, 4) is 0 Å². The quantitative estimate of drug-likeness (QED) is 0.808. The van der Waals surface area contributed by atoms with Crippen LogP contribution in [0.4, 0.5) is 0 Å². The average molecular weight is 353 g/mol. The van der Waals surface area contributed by atoms with Gasteiger partial charge in [0.2, 0.25) is 5.91 Å². The van der Waals surface area contributed by atoms with Gasteiger partial charge >= 0.3 is 0 Å². The molecular weight excluding hydrogens is 338 g/mol. The van der Waals surface area contributed by atoms with Crippen molar-refractivity contribution < 1.29 is 4.79 Å². The first kappa shape index (κ1) is 15.1. The minimum Gasteiger partial charge on any atom is -0.352 e. The number of nitrogens with one attached hydrogen (secondary N) is 1. The summed E-state index contributed by atoms with van der Waals surface area (Å²) in [7, 11) is 0. The second-order valence-corrected chi connectivity index (χ2v) is 5.72. The molecular formula is C16H15BrClNO. The SMILES string of the molecule is O=C(Cc1ccc(Br)cc1)NCc1cccc(CCl)c1. The van der Waals surface area contributed by atoms with Crippen LogP contribution < -0.4 is 5.32 Å². The van der Waals surface area contributed by atoms with E-state index in [2.05, 4.69) is 21.2 Å². The monoisotopic (exact) mass is 351 g/mol. The number of hydrogen-bond acceptors (Lipinski definition) is 1. The Bertz CT molecular complexity index is 583. The van der Waals surface area contributed by atoms with E-state index in [1.54, 1.807) is 0 Å². The average Bonchev–Trinajstić information content (AvgIpc) is 2.48. The summed E-state index contributed by atoms with van der Waals surface area (Å²) in [5.41, 5.74) is 3.12. The Balaban J connectivity index is 1.87. The zero-order chi connectivity index (χ0) is 14.4. The number of benzene rings is 2. The van der Waals surface area contributed by atoms with Gasteiger partial charge in [0, 0.05) is 16.9 Å². The third-order valence-corrected chi connectivity index (χ3v) is 3.75. The number of rotatable bonds is 5. The fraction of sp³-hybridized carbons (Fsp3) is 0.188. The highest BCUT2D eigenvalue weighted by atomic mass is 79.9. The molecule has 0 aliphatic rings. The lowest BCUT2D eigenvalue weighted by Gasteiger charge is -2.07. The van der Waals surface area contributed by atoms with Gasteiger partial charge in [0.05, 0.1) is 6.42 Å². The molecule has 0 aliphatic heterocycles. The van der Waals surface area contributed by atoms with Crippen molar-refractivity contribution in [1.82, 2.24) is 5.32 Å². The third-order valence-electron chi connectivity index (χ3n) is 2.91. The Kier molecular flexibility index (Phi) is 5.62. The van der Waals surface area contributed by atoms with E-state index in [1.807, 2.05) is 48.5 Å². The molecule has 1 N–H and O–H groups in total. The Morgan fingerprint density at radius 2 is 1.75 bits per heavy atom. The summed E-state index contributed by atoms with van der Waals surface area (Å²) in [6.07, 6.45) is 0.391. The van der Waals surface area contributed by atoms with Gasteiger partial charge in [0.1, 0.15) is 0 Å². The minimum absolute atomic E-state index is 0.0172. The van der Waals surface area contributed by atoms with E-state index < -0.39 is 0 Å². The molecule has 1 amide bonds. The van der Waals surface area contributed by atoms with E-state index in [-0.39, 0.29) is 5.91 Å². The predicted molar refractivity (Wildman–Crippen MR) is 85.7 cm³/mol. The topological polar surface area (TPSA) is 29.1 Å². The molecule has 20 heavy (non-hydrogen) atoms. The van der Waals surface area contributed by atoms with Crippen LogP contribution in [0.1, 0.15) is 16.7 Å². The van der Waals surface area contributed by atoms with Crippen molar-refractivity contribution in [3.63, 3.8) is 0 Å². The molecule has 0 atom stereocenters. The van der Waals surface area contributed by atoms with Crippen LogP contribution in [0.15, 0.2) is 53.0 Å². The normalized spacial score (nSPS) is 10.3. The molecule has 0 spiro atoms. The van der Waals surface area contributed by atoms with Crippen molar-refractivity contribution in [2.45, 2.75) is 18.8 Å². The fourth-order valence-electron chi connectivity index (χ4n) is 1.87. The molecule has 2 rings (SSSR count). The van der Waals surface area contributed by atoms with Crippen LogP contribution in [0.25, 0.3) is 0 Å². The van der Waals surface area contributed by atoms with E-state index in [0.29, 0.717) is 18.8 Å². The zero-order valence-corrected chi connectivity index (χ0v) is 13.2. The van der Waals surface area contributed by atoms with E-state index in [0.717, 1.165) is 21.2 Å². The van der Waals surface area contributed by atoms with E-state index in [9.17, 15) is 4.79 Å². The minimum atomic E-state index is 0.0172. The molecule has 2 aromatic rings. The Morgan fingerprint density at radius 1 is 1.05 bits per heavy atom. The molecule has 0 fully saturated rings. The van der Waals surface area contributed by atoms with Crippen LogP contribution in [-0.2, 0) is 23.6 Å². The van der Waals surface area contributed by atoms with Crippen molar-refractivity contribution in [2.75, 3.05) is 0 Å². The van der Waals surface area contributed by atoms with Gasteiger partial charge in [-0.1, -0.05) is 52.3 Å². The van der Waals surface area contributed by atoms with Gasteiger partial charge in [-0.05, 0) is 28.8 Å². The highest BCUT2D eigenvalue weighted by Crippen LogP contribution is 2.11. The van der Waals surface area contributed by atoms with Gasteiger partial charge in [0.15, 0.2) is 0 Å². The molecule has 0 aliphatic carbocycles. The van der Waals surface area contributed by atoms with Gasteiger partial charge in [0.25, 0.3) is 0 Å². The summed E-state index contributed by atoms with van der Waals surface area (Å²) < 4.78 is 1.01. The molecule has 2 aromatic carbocycles. The van der Waals surface area contributed by atoms with Gasteiger partial charge in [-0.2, -0.15) is 0 Å². The molecule has 0 bridgehead atoms. The summed E-state index contributed by atoms with van der Waals surface area (Å²) in [6, 6.07) is 15.7. The zero-order valence-electron chi connectivity index (χ0n) is 10.9. The summed E-state index contributed by atoms with van der Waals surface area (Å²) in [4.78, 5) is 11.9. The summed E-state index contributed by atoms with van der Waals surface area (Å²) in [5, 5.41) is 2.92. The Labute approximate surface area is 132 Å². The molecule has 0 saturated heterocycles. The van der Waals surface area contributed by atoms with Crippen LogP contribution in [-0.4, -0.2) is 5.91 Å². The second kappa shape index (κ2) is 7.46. The van der Waals surface area contributed by atoms with Gasteiger partial charge in [-0.3, -0.25) is 4.79 Å². The molecule has 0 aromatic heterocycles. The predicted octanol–water partition coefficient (Wildman–Crippen LogP) is 4.05. The number of alkyl halides is 1. The number of amides is 1. The Hall–Kier alpha value is -1.32. The molecule has 0 heterocycles. The highest BCUT2D eigenvalue weighted by Gasteiger charge is 2.03.